The molecule has 3 aromatic rings. The van der Waals surface area contributed by atoms with Gasteiger partial charge in [-0.25, -0.2) is 4.98 Å². The van der Waals surface area contributed by atoms with E-state index < -0.39 is 0 Å². The van der Waals surface area contributed by atoms with Crippen LogP contribution in [0.4, 0.5) is 5.69 Å². The van der Waals surface area contributed by atoms with E-state index in [1.54, 1.807) is 16.3 Å². The van der Waals surface area contributed by atoms with Crippen LogP contribution < -0.4 is 10.9 Å². The maximum atomic E-state index is 13.0. The van der Waals surface area contributed by atoms with Crippen LogP contribution in [0.2, 0.25) is 0 Å². The first-order valence-electron chi connectivity index (χ1n) is 9.06. The van der Waals surface area contributed by atoms with Crippen molar-refractivity contribution >= 4 is 44.9 Å². The second-order valence-electron chi connectivity index (χ2n) is 6.71. The Bertz CT molecular complexity index is 1070. The Morgan fingerprint density at radius 2 is 2.00 bits per heavy atom. The lowest BCUT2D eigenvalue weighted by Crippen LogP contribution is -2.24. The van der Waals surface area contributed by atoms with Gasteiger partial charge in [0.2, 0.25) is 0 Å². The minimum atomic E-state index is -0.188. The molecular weight excluding hydrogens is 378 g/mol. The van der Waals surface area contributed by atoms with Crippen molar-refractivity contribution in [1.29, 1.82) is 0 Å². The number of nitrogens with zero attached hydrogens (tertiary/aromatic N) is 2. The lowest BCUT2D eigenvalue weighted by Gasteiger charge is -2.08. The normalized spacial score (nSPS) is 14.0. The van der Waals surface area contributed by atoms with Crippen LogP contribution in [0.15, 0.2) is 34.0 Å². The fourth-order valence-electron chi connectivity index (χ4n) is 3.49. The molecule has 1 aliphatic rings. The Kier molecular flexibility index (Phi) is 5.06. The third kappa shape index (κ3) is 3.41. The molecule has 2 aromatic heterocycles. The lowest BCUT2D eigenvalue weighted by atomic mass is 10.2. The Balaban J connectivity index is 1.71. The minimum absolute atomic E-state index is 0.00553. The molecule has 0 aliphatic carbocycles. The standard InChI is InChI=1S/C20H21N3O2S2/c1-12-16-19(22-15-6-4-3-5-11-23(15)20(16)25)27-17(12)18(24)21-13-7-9-14(26-2)10-8-13/h7-10H,3-6,11H2,1-2H3,(H,21,24). The smallest absolute Gasteiger partial charge is 0.266 e. The average molecular weight is 400 g/mol. The number of aromatic nitrogens is 2. The van der Waals surface area contributed by atoms with Gasteiger partial charge in [-0.15, -0.1) is 23.1 Å². The summed E-state index contributed by atoms with van der Waals surface area (Å²) >= 11 is 2.97. The maximum absolute atomic E-state index is 13.0. The van der Waals surface area contributed by atoms with Gasteiger partial charge < -0.3 is 5.32 Å². The Hall–Kier alpha value is -2.12. The molecule has 0 fully saturated rings. The molecule has 1 N–H and O–H groups in total. The number of fused-ring (bicyclic) bond motifs is 2. The van der Waals surface area contributed by atoms with Crippen LogP contribution in [-0.4, -0.2) is 21.7 Å². The Morgan fingerprint density at radius 3 is 2.74 bits per heavy atom. The molecule has 5 nitrogen and oxygen atoms in total. The summed E-state index contributed by atoms with van der Waals surface area (Å²) in [4.78, 5) is 32.9. The number of carbonyl (C=O) groups excluding carboxylic acids is 1. The van der Waals surface area contributed by atoms with Crippen molar-refractivity contribution in [3.05, 3.63) is 50.9 Å². The highest BCUT2D eigenvalue weighted by Crippen LogP contribution is 2.29. The monoisotopic (exact) mass is 399 g/mol. The van der Waals surface area contributed by atoms with Crippen LogP contribution in [0.3, 0.4) is 0 Å². The molecule has 27 heavy (non-hydrogen) atoms. The fraction of sp³-hybridized carbons (Fsp3) is 0.350. The Morgan fingerprint density at radius 1 is 1.22 bits per heavy atom. The highest BCUT2D eigenvalue weighted by atomic mass is 32.2. The number of nitrogens with one attached hydrogen (secondary N) is 1. The summed E-state index contributed by atoms with van der Waals surface area (Å²) in [5, 5.41) is 3.53. The predicted molar refractivity (Wildman–Crippen MR) is 112 cm³/mol. The van der Waals surface area contributed by atoms with E-state index in [1.165, 1.54) is 11.3 Å². The third-order valence-electron chi connectivity index (χ3n) is 4.97. The number of amides is 1. The highest BCUT2D eigenvalue weighted by Gasteiger charge is 2.22. The molecule has 1 amide bonds. The van der Waals surface area contributed by atoms with Crippen molar-refractivity contribution in [3.8, 4) is 0 Å². The summed E-state index contributed by atoms with van der Waals surface area (Å²) in [5.41, 5.74) is 1.47. The van der Waals surface area contributed by atoms with Crippen LogP contribution in [-0.2, 0) is 13.0 Å². The van der Waals surface area contributed by atoms with Crippen LogP contribution in [0.5, 0.6) is 0 Å². The quantitative estimate of drug-likeness (QED) is 0.660. The van der Waals surface area contributed by atoms with Gasteiger partial charge in [0.1, 0.15) is 10.7 Å². The molecule has 0 atom stereocenters. The second-order valence-corrected chi connectivity index (χ2v) is 8.59. The van der Waals surface area contributed by atoms with E-state index in [4.69, 9.17) is 4.98 Å². The number of benzene rings is 1. The average Bonchev–Trinajstić information content (AvgIpc) is 2.84. The number of thioether (sulfide) groups is 1. The molecule has 7 heteroatoms. The van der Waals surface area contributed by atoms with Gasteiger partial charge in [-0.1, -0.05) is 6.42 Å². The lowest BCUT2D eigenvalue weighted by molar-refractivity contribution is 0.103. The molecule has 0 saturated heterocycles. The number of anilines is 1. The SMILES string of the molecule is CSc1ccc(NC(=O)c2sc3nc4n(c(=O)c3c2C)CCCCC4)cc1. The number of hydrogen-bond acceptors (Lipinski definition) is 5. The van der Waals surface area contributed by atoms with Gasteiger partial charge in [0.25, 0.3) is 11.5 Å². The van der Waals surface area contributed by atoms with Crippen molar-refractivity contribution in [2.75, 3.05) is 11.6 Å². The van der Waals surface area contributed by atoms with E-state index in [-0.39, 0.29) is 11.5 Å². The highest BCUT2D eigenvalue weighted by molar-refractivity contribution is 7.98. The first-order chi connectivity index (χ1) is 13.1. The number of carbonyl (C=O) groups is 1. The zero-order valence-corrected chi connectivity index (χ0v) is 17.0. The van der Waals surface area contributed by atoms with Crippen molar-refractivity contribution in [2.45, 2.75) is 44.0 Å². The first kappa shape index (κ1) is 18.3. The second kappa shape index (κ2) is 7.48. The van der Waals surface area contributed by atoms with Crippen LogP contribution in [0.1, 0.15) is 40.3 Å². The van der Waals surface area contributed by atoms with Crippen molar-refractivity contribution < 1.29 is 4.79 Å². The molecule has 4 rings (SSSR count). The zero-order valence-electron chi connectivity index (χ0n) is 15.4. The number of hydrogen-bond donors (Lipinski definition) is 1. The van der Waals surface area contributed by atoms with E-state index in [9.17, 15) is 9.59 Å². The van der Waals surface area contributed by atoms with E-state index in [1.807, 2.05) is 37.4 Å². The van der Waals surface area contributed by atoms with Gasteiger partial charge in [-0.2, -0.15) is 0 Å². The van der Waals surface area contributed by atoms with Gasteiger partial charge in [0.15, 0.2) is 0 Å². The van der Waals surface area contributed by atoms with Gasteiger partial charge >= 0.3 is 0 Å². The summed E-state index contributed by atoms with van der Waals surface area (Å²) in [6.07, 6.45) is 6.02. The zero-order chi connectivity index (χ0) is 19.0. The van der Waals surface area contributed by atoms with Crippen LogP contribution >= 0.6 is 23.1 Å². The summed E-state index contributed by atoms with van der Waals surface area (Å²) < 4.78 is 1.80. The molecule has 1 aromatic carbocycles. The molecular formula is C20H21N3O2S2. The fourth-order valence-corrected chi connectivity index (χ4v) is 4.98. The topological polar surface area (TPSA) is 64.0 Å². The van der Waals surface area contributed by atoms with E-state index >= 15 is 0 Å². The molecule has 1 aliphatic heterocycles. The molecule has 0 bridgehead atoms. The summed E-state index contributed by atoms with van der Waals surface area (Å²) in [6, 6.07) is 7.73. The van der Waals surface area contributed by atoms with Crippen LogP contribution in [0.25, 0.3) is 10.2 Å². The number of aryl methyl sites for hydroxylation is 2. The molecule has 140 valence electrons. The molecule has 0 radical (unpaired) electrons. The molecule has 3 heterocycles. The number of thiophene rings is 1. The van der Waals surface area contributed by atoms with Crippen molar-refractivity contribution in [2.24, 2.45) is 0 Å². The maximum Gasteiger partial charge on any atom is 0.266 e. The third-order valence-corrected chi connectivity index (χ3v) is 6.89. The minimum Gasteiger partial charge on any atom is -0.321 e. The summed E-state index contributed by atoms with van der Waals surface area (Å²) in [7, 11) is 0. The predicted octanol–water partition coefficient (Wildman–Crippen LogP) is 4.47. The van der Waals surface area contributed by atoms with E-state index in [0.29, 0.717) is 15.1 Å². The van der Waals surface area contributed by atoms with Gasteiger partial charge in [-0.05, 0) is 55.9 Å². The summed E-state index contributed by atoms with van der Waals surface area (Å²) in [6.45, 7) is 2.56. The van der Waals surface area contributed by atoms with Crippen LogP contribution in [0, 0.1) is 6.92 Å². The van der Waals surface area contributed by atoms with Crippen molar-refractivity contribution in [1.82, 2.24) is 9.55 Å². The van der Waals surface area contributed by atoms with Gasteiger partial charge in [0.05, 0.1) is 10.3 Å². The van der Waals surface area contributed by atoms with E-state index in [0.717, 1.165) is 54.2 Å². The Labute approximate surface area is 165 Å². The van der Waals surface area contributed by atoms with E-state index in [2.05, 4.69) is 5.32 Å². The van der Waals surface area contributed by atoms with Gasteiger partial charge in [-0.3, -0.25) is 14.2 Å². The first-order valence-corrected chi connectivity index (χ1v) is 11.1. The molecule has 0 unspecified atom stereocenters. The number of rotatable bonds is 3. The largest absolute Gasteiger partial charge is 0.321 e. The summed E-state index contributed by atoms with van der Waals surface area (Å²) in [5.74, 6) is 0.665. The van der Waals surface area contributed by atoms with Gasteiger partial charge in [0, 0.05) is 23.5 Å². The molecule has 0 spiro atoms. The van der Waals surface area contributed by atoms with Crippen molar-refractivity contribution in [3.63, 3.8) is 0 Å². The molecule has 0 saturated carbocycles.